The van der Waals surface area contributed by atoms with Gasteiger partial charge in [-0.1, -0.05) is 0 Å². The highest BCUT2D eigenvalue weighted by Gasteiger charge is 2.25. The molecule has 0 aliphatic carbocycles. The molecule has 0 aromatic carbocycles. The zero-order chi connectivity index (χ0) is 17.6. The van der Waals surface area contributed by atoms with Gasteiger partial charge in [-0.05, 0) is 38.5 Å². The minimum Gasteiger partial charge on any atom is -0.423 e. The summed E-state index contributed by atoms with van der Waals surface area (Å²) in [5, 5.41) is 3.65. The van der Waals surface area contributed by atoms with Crippen molar-refractivity contribution >= 4 is 17.0 Å². The van der Waals surface area contributed by atoms with E-state index in [-0.39, 0.29) is 16.8 Å². The lowest BCUT2D eigenvalue weighted by molar-refractivity contribution is 0.541. The molecule has 0 saturated carbocycles. The van der Waals surface area contributed by atoms with E-state index in [1.807, 2.05) is 32.9 Å². The van der Waals surface area contributed by atoms with Gasteiger partial charge < -0.3 is 9.73 Å². The van der Waals surface area contributed by atoms with Gasteiger partial charge in [0.15, 0.2) is 0 Å². The molecule has 0 aliphatic rings. The standard InChI is InChI=1S/C17H20N4O3/c1-17(2,3)19-13-11(10-6-8-18-9-7-10)12-14(22)20(4)16(23)21(5)15(12)24-13/h6-9,19H,1-5H3. The summed E-state index contributed by atoms with van der Waals surface area (Å²) in [6.07, 6.45) is 3.31. The summed E-state index contributed by atoms with van der Waals surface area (Å²) in [5.74, 6) is 0.460. The lowest BCUT2D eigenvalue weighted by Gasteiger charge is -2.20. The van der Waals surface area contributed by atoms with E-state index < -0.39 is 5.69 Å². The van der Waals surface area contributed by atoms with E-state index in [1.54, 1.807) is 19.4 Å². The van der Waals surface area contributed by atoms with E-state index in [0.717, 1.165) is 10.1 Å². The Morgan fingerprint density at radius 2 is 1.71 bits per heavy atom. The summed E-state index contributed by atoms with van der Waals surface area (Å²) < 4.78 is 8.32. The van der Waals surface area contributed by atoms with Crippen LogP contribution < -0.4 is 16.6 Å². The highest BCUT2D eigenvalue weighted by molar-refractivity contribution is 5.98. The van der Waals surface area contributed by atoms with E-state index in [1.165, 1.54) is 11.6 Å². The molecule has 1 N–H and O–H groups in total. The molecular formula is C17H20N4O3. The number of pyridine rings is 1. The van der Waals surface area contributed by atoms with Crippen LogP contribution in [0.2, 0.25) is 0 Å². The number of fused-ring (bicyclic) bond motifs is 1. The Kier molecular flexibility index (Phi) is 3.59. The van der Waals surface area contributed by atoms with Gasteiger partial charge in [-0.3, -0.25) is 18.9 Å². The molecule has 3 heterocycles. The third-order valence-corrected chi connectivity index (χ3v) is 3.74. The summed E-state index contributed by atoms with van der Waals surface area (Å²) in [6.45, 7) is 5.98. The molecular weight excluding hydrogens is 308 g/mol. The number of nitrogens with one attached hydrogen (secondary N) is 1. The Labute approximate surface area is 138 Å². The van der Waals surface area contributed by atoms with E-state index in [4.69, 9.17) is 4.42 Å². The molecule has 0 atom stereocenters. The lowest BCUT2D eigenvalue weighted by Crippen LogP contribution is -2.36. The normalized spacial score (nSPS) is 11.9. The second-order valence-electron chi connectivity index (χ2n) is 6.80. The topological polar surface area (TPSA) is 82.1 Å². The molecule has 0 amide bonds. The first kappa shape index (κ1) is 16.0. The number of hydrogen-bond acceptors (Lipinski definition) is 5. The van der Waals surface area contributed by atoms with Gasteiger partial charge in [0.1, 0.15) is 5.39 Å². The monoisotopic (exact) mass is 328 g/mol. The van der Waals surface area contributed by atoms with Gasteiger partial charge in [-0.15, -0.1) is 0 Å². The van der Waals surface area contributed by atoms with Crippen molar-refractivity contribution < 1.29 is 4.42 Å². The summed E-state index contributed by atoms with van der Waals surface area (Å²) in [4.78, 5) is 28.9. The van der Waals surface area contributed by atoms with Gasteiger partial charge in [-0.2, -0.15) is 0 Å². The largest absolute Gasteiger partial charge is 0.423 e. The molecule has 7 heteroatoms. The van der Waals surface area contributed by atoms with Crippen molar-refractivity contribution in [3.63, 3.8) is 0 Å². The van der Waals surface area contributed by atoms with Gasteiger partial charge in [0.25, 0.3) is 5.56 Å². The molecule has 0 saturated heterocycles. The molecule has 0 unspecified atom stereocenters. The van der Waals surface area contributed by atoms with E-state index >= 15 is 0 Å². The zero-order valence-electron chi connectivity index (χ0n) is 14.4. The number of hydrogen-bond donors (Lipinski definition) is 1. The third kappa shape index (κ3) is 2.51. The first-order valence-corrected chi connectivity index (χ1v) is 7.62. The summed E-state index contributed by atoms with van der Waals surface area (Å²) >= 11 is 0. The fraction of sp³-hybridized carbons (Fsp3) is 0.353. The van der Waals surface area contributed by atoms with Crippen molar-refractivity contribution in [2.45, 2.75) is 26.3 Å². The highest BCUT2D eigenvalue weighted by atomic mass is 16.4. The number of rotatable bonds is 2. The fourth-order valence-electron chi connectivity index (χ4n) is 2.64. The Hall–Kier alpha value is -2.83. The van der Waals surface area contributed by atoms with Crippen LogP contribution in [-0.4, -0.2) is 19.7 Å². The van der Waals surface area contributed by atoms with Crippen LogP contribution in [0.5, 0.6) is 0 Å². The predicted octanol–water partition coefficient (Wildman–Crippen LogP) is 2.10. The molecule has 0 radical (unpaired) electrons. The van der Waals surface area contributed by atoms with Gasteiger partial charge in [0.05, 0.1) is 5.56 Å². The van der Waals surface area contributed by atoms with Crippen molar-refractivity contribution in [3.8, 4) is 11.1 Å². The Morgan fingerprint density at radius 3 is 2.29 bits per heavy atom. The molecule has 7 nitrogen and oxygen atoms in total. The Morgan fingerprint density at radius 1 is 1.08 bits per heavy atom. The van der Waals surface area contributed by atoms with E-state index in [9.17, 15) is 9.59 Å². The van der Waals surface area contributed by atoms with Crippen molar-refractivity contribution in [3.05, 3.63) is 45.4 Å². The van der Waals surface area contributed by atoms with E-state index in [0.29, 0.717) is 16.8 Å². The number of furan rings is 1. The van der Waals surface area contributed by atoms with Crippen molar-refractivity contribution in [1.29, 1.82) is 0 Å². The maximum atomic E-state index is 12.7. The van der Waals surface area contributed by atoms with Crippen LogP contribution in [-0.2, 0) is 14.1 Å². The van der Waals surface area contributed by atoms with Gasteiger partial charge in [0.2, 0.25) is 11.6 Å². The average Bonchev–Trinajstić information content (AvgIpc) is 2.89. The molecule has 24 heavy (non-hydrogen) atoms. The molecule has 3 aromatic heterocycles. The van der Waals surface area contributed by atoms with Gasteiger partial charge >= 0.3 is 5.69 Å². The molecule has 0 aliphatic heterocycles. The predicted molar refractivity (Wildman–Crippen MR) is 93.3 cm³/mol. The summed E-state index contributed by atoms with van der Waals surface area (Å²) in [5.41, 5.74) is 0.599. The van der Waals surface area contributed by atoms with Gasteiger partial charge in [0, 0.05) is 32.0 Å². The molecule has 3 aromatic rings. The second kappa shape index (κ2) is 5.36. The highest BCUT2D eigenvalue weighted by Crippen LogP contribution is 2.37. The Bertz CT molecular complexity index is 1020. The zero-order valence-corrected chi connectivity index (χ0v) is 14.4. The molecule has 126 valence electrons. The minimum atomic E-state index is -0.426. The number of nitrogens with zero attached hydrogens (tertiary/aromatic N) is 3. The molecule has 0 fully saturated rings. The molecule has 3 rings (SSSR count). The van der Waals surface area contributed by atoms with Crippen molar-refractivity contribution in [2.75, 3.05) is 5.32 Å². The number of anilines is 1. The van der Waals surface area contributed by atoms with E-state index in [2.05, 4.69) is 10.3 Å². The van der Waals surface area contributed by atoms with Gasteiger partial charge in [-0.25, -0.2) is 4.79 Å². The summed E-state index contributed by atoms with van der Waals surface area (Å²) in [6, 6.07) is 3.62. The second-order valence-corrected chi connectivity index (χ2v) is 6.80. The number of aromatic nitrogens is 3. The maximum Gasteiger partial charge on any atom is 0.333 e. The van der Waals surface area contributed by atoms with Crippen LogP contribution in [0.4, 0.5) is 5.88 Å². The van der Waals surface area contributed by atoms with Crippen LogP contribution in [0.15, 0.2) is 38.5 Å². The average molecular weight is 328 g/mol. The molecule has 0 bridgehead atoms. The van der Waals surface area contributed by atoms with Crippen LogP contribution >= 0.6 is 0 Å². The first-order valence-electron chi connectivity index (χ1n) is 7.62. The fourth-order valence-corrected chi connectivity index (χ4v) is 2.64. The van der Waals surface area contributed by atoms with Crippen LogP contribution in [0.3, 0.4) is 0 Å². The van der Waals surface area contributed by atoms with Crippen LogP contribution in [0, 0.1) is 0 Å². The molecule has 0 spiro atoms. The quantitative estimate of drug-likeness (QED) is 0.779. The maximum absolute atomic E-state index is 12.7. The SMILES string of the molecule is Cn1c(=O)c2c(-c3ccncc3)c(NC(C)(C)C)oc2n(C)c1=O. The Balaban J connectivity index is 2.48. The third-order valence-electron chi connectivity index (χ3n) is 3.74. The first-order chi connectivity index (χ1) is 11.2. The lowest BCUT2D eigenvalue weighted by atomic mass is 10.0. The summed E-state index contributed by atoms with van der Waals surface area (Å²) in [7, 11) is 3.05. The van der Waals surface area contributed by atoms with Crippen molar-refractivity contribution in [1.82, 2.24) is 14.1 Å². The van der Waals surface area contributed by atoms with Crippen LogP contribution in [0.1, 0.15) is 20.8 Å². The minimum absolute atomic E-state index is 0.252. The number of aryl methyl sites for hydroxylation is 1. The smallest absolute Gasteiger partial charge is 0.333 e. The van der Waals surface area contributed by atoms with Crippen molar-refractivity contribution in [2.24, 2.45) is 14.1 Å². The van der Waals surface area contributed by atoms with Crippen LogP contribution in [0.25, 0.3) is 22.2 Å².